The van der Waals surface area contributed by atoms with Gasteiger partial charge in [-0.3, -0.25) is 4.72 Å². The van der Waals surface area contributed by atoms with E-state index in [2.05, 4.69) is 25.3 Å². The van der Waals surface area contributed by atoms with Gasteiger partial charge in [0.25, 0.3) is 0 Å². The van der Waals surface area contributed by atoms with Crippen molar-refractivity contribution in [2.24, 2.45) is 0 Å². The molecular formula is C28H29F2N5O2S. The number of hydrogen-bond acceptors (Lipinski definition) is 6. The lowest BCUT2D eigenvalue weighted by atomic mass is 9.98. The van der Waals surface area contributed by atoms with E-state index in [1.165, 1.54) is 6.07 Å². The molecule has 0 saturated carbocycles. The molecule has 10 heteroatoms. The first-order valence-corrected chi connectivity index (χ1v) is 14.2. The Bertz CT molecular complexity index is 1550. The van der Waals surface area contributed by atoms with Gasteiger partial charge < -0.3 is 10.6 Å². The van der Waals surface area contributed by atoms with Gasteiger partial charge >= 0.3 is 0 Å². The van der Waals surface area contributed by atoms with Gasteiger partial charge in [-0.05, 0) is 53.4 Å². The zero-order chi connectivity index (χ0) is 26.7. The lowest BCUT2D eigenvalue weighted by Gasteiger charge is -2.26. The van der Waals surface area contributed by atoms with Crippen LogP contribution in [0.1, 0.15) is 24.5 Å². The number of piperidine rings is 1. The molecule has 0 spiro atoms. The van der Waals surface area contributed by atoms with Crippen LogP contribution in [0.5, 0.6) is 0 Å². The molecule has 0 unspecified atom stereocenters. The number of anilines is 2. The van der Waals surface area contributed by atoms with Crippen LogP contribution in [0.2, 0.25) is 0 Å². The van der Waals surface area contributed by atoms with Crippen molar-refractivity contribution in [3.63, 3.8) is 0 Å². The first-order valence-electron chi connectivity index (χ1n) is 12.5. The lowest BCUT2D eigenvalue weighted by molar-refractivity contribution is 0.254. The van der Waals surface area contributed by atoms with Crippen LogP contribution in [0, 0.1) is 5.82 Å². The van der Waals surface area contributed by atoms with Gasteiger partial charge in [0.1, 0.15) is 12.0 Å². The summed E-state index contributed by atoms with van der Waals surface area (Å²) in [6.45, 7) is 2.99. The Morgan fingerprint density at radius 1 is 1.08 bits per heavy atom. The van der Waals surface area contributed by atoms with Gasteiger partial charge in [0.15, 0.2) is 0 Å². The van der Waals surface area contributed by atoms with Crippen LogP contribution in [0.15, 0.2) is 66.9 Å². The molecule has 0 radical (unpaired) electrons. The maximum atomic E-state index is 15.2. The summed E-state index contributed by atoms with van der Waals surface area (Å²) in [6.07, 6.45) is 1.83. The van der Waals surface area contributed by atoms with Crippen molar-refractivity contribution in [2.45, 2.75) is 37.7 Å². The van der Waals surface area contributed by atoms with E-state index in [1.807, 2.05) is 25.1 Å². The van der Waals surface area contributed by atoms with E-state index in [-0.39, 0.29) is 17.5 Å². The molecule has 0 amide bonds. The fourth-order valence-electron chi connectivity index (χ4n) is 4.72. The molecule has 2 atom stereocenters. The highest BCUT2D eigenvalue weighted by molar-refractivity contribution is 7.91. The van der Waals surface area contributed by atoms with Crippen LogP contribution >= 0.6 is 0 Å². The lowest BCUT2D eigenvalue weighted by Crippen LogP contribution is -2.44. The normalized spacial score (nSPS) is 17.9. The number of benzene rings is 3. The molecule has 2 heterocycles. The van der Waals surface area contributed by atoms with Gasteiger partial charge in [0.05, 0.1) is 17.0 Å². The molecule has 5 rings (SSSR count). The van der Waals surface area contributed by atoms with Crippen LogP contribution in [0.3, 0.4) is 0 Å². The summed E-state index contributed by atoms with van der Waals surface area (Å²) in [5.41, 5.74) is 3.46. The minimum Gasteiger partial charge on any atom is -0.350 e. The summed E-state index contributed by atoms with van der Waals surface area (Å²) in [6, 6.07) is 16.7. The number of sulfonamides is 1. The fraction of sp³-hybridized carbons (Fsp3) is 0.286. The Morgan fingerprint density at radius 3 is 2.63 bits per heavy atom. The zero-order valence-electron chi connectivity index (χ0n) is 20.9. The van der Waals surface area contributed by atoms with E-state index < -0.39 is 22.0 Å². The van der Waals surface area contributed by atoms with Gasteiger partial charge in [-0.25, -0.2) is 27.2 Å². The smallest absolute Gasteiger partial charge is 0.236 e. The molecule has 7 nitrogen and oxygen atoms in total. The highest BCUT2D eigenvalue weighted by Crippen LogP contribution is 2.31. The summed E-state index contributed by atoms with van der Waals surface area (Å²) >= 11 is 0. The summed E-state index contributed by atoms with van der Waals surface area (Å²) in [5.74, 6) is -0.320. The van der Waals surface area contributed by atoms with Gasteiger partial charge in [0.2, 0.25) is 16.0 Å². The highest BCUT2D eigenvalue weighted by Gasteiger charge is 2.22. The summed E-state index contributed by atoms with van der Waals surface area (Å²) in [7, 11) is -3.70. The molecule has 198 valence electrons. The van der Waals surface area contributed by atoms with Crippen LogP contribution in [0.25, 0.3) is 22.0 Å². The number of hydrogen-bond donors (Lipinski definition) is 3. The summed E-state index contributed by atoms with van der Waals surface area (Å²) in [4.78, 5) is 9.07. The Balaban J connectivity index is 1.38. The molecule has 1 saturated heterocycles. The molecule has 1 aliphatic heterocycles. The Hall–Kier alpha value is -3.63. The standard InChI is InChI=1S/C28H29F2N5O2S/c1-2-19-10-20(11-21-14-32-28(34-27(19)21)33-24-12-22(29)15-31-16-24)25-9-8-23(13-26(25)30)35-38(36,37)17-18-6-4-3-5-7-18/h3-11,13-14,22,24,31,35H,2,12,15-17H2,1H3,(H,32,33,34)/t22-,24-/m0/s1. The van der Waals surface area contributed by atoms with Crippen LogP contribution < -0.4 is 15.4 Å². The molecule has 38 heavy (non-hydrogen) atoms. The Labute approximate surface area is 220 Å². The quantitative estimate of drug-likeness (QED) is 0.291. The van der Waals surface area contributed by atoms with Crippen molar-refractivity contribution < 1.29 is 17.2 Å². The molecule has 1 fully saturated rings. The van der Waals surface area contributed by atoms with Gasteiger partial charge in [-0.2, -0.15) is 0 Å². The van der Waals surface area contributed by atoms with Crippen LogP contribution in [-0.4, -0.2) is 43.7 Å². The average Bonchev–Trinajstić information content (AvgIpc) is 2.88. The number of aromatic nitrogens is 2. The summed E-state index contributed by atoms with van der Waals surface area (Å²) in [5, 5.41) is 7.02. The minimum atomic E-state index is -3.70. The van der Waals surface area contributed by atoms with E-state index in [0.717, 1.165) is 16.5 Å². The molecule has 0 bridgehead atoms. The molecular weight excluding hydrogens is 508 g/mol. The third-order valence-corrected chi connectivity index (χ3v) is 7.79. The second-order valence-electron chi connectivity index (χ2n) is 9.49. The van der Waals surface area contributed by atoms with Gasteiger partial charge in [-0.15, -0.1) is 0 Å². The number of nitrogens with zero attached hydrogens (tertiary/aromatic N) is 2. The number of fused-ring (bicyclic) bond motifs is 1. The highest BCUT2D eigenvalue weighted by atomic mass is 32.2. The topological polar surface area (TPSA) is 96.0 Å². The molecule has 1 aromatic heterocycles. The number of halogens is 2. The number of rotatable bonds is 8. The van der Waals surface area contributed by atoms with Crippen molar-refractivity contribution >= 4 is 32.6 Å². The largest absolute Gasteiger partial charge is 0.350 e. The summed E-state index contributed by atoms with van der Waals surface area (Å²) < 4.78 is 56.5. The van der Waals surface area contributed by atoms with Crippen molar-refractivity contribution in [1.29, 1.82) is 0 Å². The second kappa shape index (κ2) is 11.0. The maximum absolute atomic E-state index is 15.2. The second-order valence-corrected chi connectivity index (χ2v) is 11.2. The number of nitrogens with one attached hydrogen (secondary N) is 3. The molecule has 3 N–H and O–H groups in total. The maximum Gasteiger partial charge on any atom is 0.236 e. The number of alkyl halides is 1. The van der Waals surface area contributed by atoms with E-state index in [9.17, 15) is 12.8 Å². The molecule has 0 aliphatic carbocycles. The van der Waals surface area contributed by atoms with Crippen molar-refractivity contribution in [1.82, 2.24) is 15.3 Å². The Kier molecular flexibility index (Phi) is 7.53. The Morgan fingerprint density at radius 2 is 1.89 bits per heavy atom. The van der Waals surface area contributed by atoms with Crippen molar-refractivity contribution in [3.8, 4) is 11.1 Å². The molecule has 1 aliphatic rings. The predicted molar refractivity (Wildman–Crippen MR) is 147 cm³/mol. The van der Waals surface area contributed by atoms with E-state index in [0.29, 0.717) is 48.6 Å². The first kappa shape index (κ1) is 26.0. The van der Waals surface area contributed by atoms with Gasteiger partial charge in [0, 0.05) is 42.7 Å². The van der Waals surface area contributed by atoms with Gasteiger partial charge in [-0.1, -0.05) is 37.3 Å². The third-order valence-electron chi connectivity index (χ3n) is 6.53. The number of aryl methyl sites for hydroxylation is 1. The monoisotopic (exact) mass is 537 g/mol. The average molecular weight is 538 g/mol. The molecule has 3 aromatic carbocycles. The third kappa shape index (κ3) is 6.08. The first-order chi connectivity index (χ1) is 18.3. The zero-order valence-corrected chi connectivity index (χ0v) is 21.7. The van der Waals surface area contributed by atoms with E-state index in [1.54, 1.807) is 42.6 Å². The van der Waals surface area contributed by atoms with Crippen molar-refractivity contribution in [2.75, 3.05) is 23.1 Å². The minimum absolute atomic E-state index is 0.0988. The van der Waals surface area contributed by atoms with E-state index in [4.69, 9.17) is 0 Å². The molecule has 4 aromatic rings. The van der Waals surface area contributed by atoms with E-state index >= 15 is 4.39 Å². The fourth-order valence-corrected chi connectivity index (χ4v) is 5.91. The SMILES string of the molecule is CCc1cc(-c2ccc(NS(=O)(=O)Cc3ccccc3)cc2F)cc2cnc(N[C@@H]3CNC[C@@H](F)C3)nc12. The predicted octanol–water partition coefficient (Wildman–Crippen LogP) is 5.05. The van der Waals surface area contributed by atoms with Crippen LogP contribution in [-0.2, 0) is 22.2 Å². The van der Waals surface area contributed by atoms with Crippen LogP contribution in [0.4, 0.5) is 20.4 Å². The van der Waals surface area contributed by atoms with Crippen molar-refractivity contribution in [3.05, 3.63) is 83.8 Å².